The van der Waals surface area contributed by atoms with Crippen molar-refractivity contribution in [3.63, 3.8) is 0 Å². The highest BCUT2D eigenvalue weighted by Gasteiger charge is 2.25. The molecule has 2 aromatic rings. The molecule has 4 rings (SSSR count). The Kier molecular flexibility index (Phi) is 4.35. The maximum atomic E-state index is 14.0. The minimum atomic E-state index is -0.586. The Bertz CT molecular complexity index is 728. The summed E-state index contributed by atoms with van der Waals surface area (Å²) in [5, 5.41) is 0.578. The molecule has 0 N–H and O–H groups in total. The van der Waals surface area contributed by atoms with Crippen molar-refractivity contribution in [2.24, 2.45) is 0 Å². The molecule has 2 fully saturated rings. The third-order valence-electron chi connectivity index (χ3n) is 5.44. The number of fused-ring (bicyclic) bond motifs is 1. The minimum Gasteiger partial charge on any atom is -0.371 e. The van der Waals surface area contributed by atoms with Gasteiger partial charge in [0.1, 0.15) is 11.3 Å². The van der Waals surface area contributed by atoms with Crippen molar-refractivity contribution in [2.45, 2.75) is 38.1 Å². The molecular weight excluding hydrogens is 308 g/mol. The lowest BCUT2D eigenvalue weighted by atomic mass is 10.1. The summed E-state index contributed by atoms with van der Waals surface area (Å²) in [6.07, 6.45) is 7.69. The van der Waals surface area contributed by atoms with E-state index in [0.29, 0.717) is 11.4 Å². The molecule has 1 atom stereocenters. The molecular formula is C19H23F2N3. The lowest BCUT2D eigenvalue weighted by Crippen LogP contribution is -2.33. The Morgan fingerprint density at radius 3 is 2.62 bits per heavy atom. The van der Waals surface area contributed by atoms with Crippen molar-refractivity contribution >= 4 is 16.6 Å². The van der Waals surface area contributed by atoms with Gasteiger partial charge in [-0.1, -0.05) is 0 Å². The van der Waals surface area contributed by atoms with Crippen LogP contribution in [0.4, 0.5) is 14.5 Å². The molecule has 0 saturated carbocycles. The van der Waals surface area contributed by atoms with Crippen LogP contribution in [0.15, 0.2) is 24.4 Å². The van der Waals surface area contributed by atoms with Gasteiger partial charge in [0.15, 0.2) is 5.82 Å². The second-order valence-corrected chi connectivity index (χ2v) is 6.93. The van der Waals surface area contributed by atoms with Gasteiger partial charge in [0.25, 0.3) is 0 Å². The van der Waals surface area contributed by atoms with E-state index in [1.807, 2.05) is 6.07 Å². The molecule has 0 aliphatic carbocycles. The van der Waals surface area contributed by atoms with Gasteiger partial charge in [-0.25, -0.2) is 8.78 Å². The van der Waals surface area contributed by atoms with Gasteiger partial charge in [-0.2, -0.15) is 0 Å². The van der Waals surface area contributed by atoms with Crippen LogP contribution in [0.2, 0.25) is 0 Å². The fourth-order valence-electron chi connectivity index (χ4n) is 4.23. The van der Waals surface area contributed by atoms with Gasteiger partial charge >= 0.3 is 0 Å². The van der Waals surface area contributed by atoms with Crippen LogP contribution >= 0.6 is 0 Å². The molecule has 3 heterocycles. The highest BCUT2D eigenvalue weighted by Crippen LogP contribution is 2.30. The zero-order valence-corrected chi connectivity index (χ0v) is 13.8. The summed E-state index contributed by atoms with van der Waals surface area (Å²) in [4.78, 5) is 9.00. The van der Waals surface area contributed by atoms with Gasteiger partial charge < -0.3 is 9.80 Å². The lowest BCUT2D eigenvalue weighted by molar-refractivity contribution is 0.225. The zero-order chi connectivity index (χ0) is 16.5. The van der Waals surface area contributed by atoms with E-state index in [0.717, 1.165) is 37.7 Å². The number of nitrogens with zero attached hydrogens (tertiary/aromatic N) is 3. The van der Waals surface area contributed by atoms with E-state index in [9.17, 15) is 8.78 Å². The predicted molar refractivity (Wildman–Crippen MR) is 92.3 cm³/mol. The summed E-state index contributed by atoms with van der Waals surface area (Å²) in [6.45, 7) is 4.30. The minimum absolute atomic E-state index is 0.259. The van der Waals surface area contributed by atoms with E-state index >= 15 is 0 Å². The largest absolute Gasteiger partial charge is 0.371 e. The van der Waals surface area contributed by atoms with Gasteiger partial charge in [-0.05, 0) is 57.3 Å². The number of hydrogen-bond donors (Lipinski definition) is 0. The molecule has 2 aliphatic heterocycles. The highest BCUT2D eigenvalue weighted by molar-refractivity contribution is 5.92. The van der Waals surface area contributed by atoms with Crippen molar-refractivity contribution in [3.8, 4) is 0 Å². The van der Waals surface area contributed by atoms with E-state index in [2.05, 4.69) is 14.8 Å². The molecule has 2 aliphatic rings. The molecule has 0 spiro atoms. The maximum Gasteiger partial charge on any atom is 0.152 e. The molecule has 1 aromatic carbocycles. The van der Waals surface area contributed by atoms with Crippen molar-refractivity contribution in [1.29, 1.82) is 0 Å². The van der Waals surface area contributed by atoms with Crippen LogP contribution in [0.5, 0.6) is 0 Å². The second kappa shape index (κ2) is 6.63. The van der Waals surface area contributed by atoms with E-state index in [4.69, 9.17) is 0 Å². The van der Waals surface area contributed by atoms with E-state index in [1.54, 1.807) is 6.20 Å². The van der Waals surface area contributed by atoms with E-state index in [-0.39, 0.29) is 5.52 Å². The first-order valence-corrected chi connectivity index (χ1v) is 8.95. The number of likely N-dealkylation sites (tertiary alicyclic amines) is 1. The molecule has 128 valence electrons. The van der Waals surface area contributed by atoms with Crippen LogP contribution in [-0.2, 0) is 0 Å². The Morgan fingerprint density at radius 2 is 1.79 bits per heavy atom. The van der Waals surface area contributed by atoms with Crippen LogP contribution in [0, 0.1) is 11.6 Å². The molecule has 0 amide bonds. The number of aromatic nitrogens is 1. The predicted octanol–water partition coefficient (Wildman–Crippen LogP) is 3.97. The van der Waals surface area contributed by atoms with Crippen LogP contribution in [0.1, 0.15) is 32.1 Å². The fraction of sp³-hybridized carbons (Fsp3) is 0.526. The summed E-state index contributed by atoms with van der Waals surface area (Å²) < 4.78 is 27.7. The number of hydrogen-bond acceptors (Lipinski definition) is 3. The van der Waals surface area contributed by atoms with Gasteiger partial charge in [-0.15, -0.1) is 0 Å². The first kappa shape index (κ1) is 15.8. The summed E-state index contributed by atoms with van der Waals surface area (Å²) in [5.74, 6) is -1.13. The van der Waals surface area contributed by atoms with Gasteiger partial charge in [0.2, 0.25) is 0 Å². The molecule has 2 saturated heterocycles. The summed E-state index contributed by atoms with van der Waals surface area (Å²) in [5.41, 5.74) is 1.16. The van der Waals surface area contributed by atoms with Crippen LogP contribution < -0.4 is 4.90 Å². The Morgan fingerprint density at radius 1 is 0.958 bits per heavy atom. The van der Waals surface area contributed by atoms with Crippen molar-refractivity contribution < 1.29 is 8.78 Å². The Hall–Kier alpha value is -1.75. The third-order valence-corrected chi connectivity index (χ3v) is 5.44. The SMILES string of the molecule is Fc1cc(F)c2nccc(N3CCCC(N4CCCC4)CC3)c2c1. The average Bonchev–Trinajstić information content (AvgIpc) is 2.99. The van der Waals surface area contributed by atoms with Crippen LogP contribution in [-0.4, -0.2) is 42.1 Å². The number of pyridine rings is 1. The van der Waals surface area contributed by atoms with Crippen molar-refractivity contribution in [3.05, 3.63) is 36.0 Å². The maximum absolute atomic E-state index is 14.0. The summed E-state index contributed by atoms with van der Waals surface area (Å²) in [6, 6.07) is 4.85. The lowest BCUT2D eigenvalue weighted by Gasteiger charge is -2.27. The molecule has 24 heavy (non-hydrogen) atoms. The zero-order valence-electron chi connectivity index (χ0n) is 13.8. The van der Waals surface area contributed by atoms with E-state index < -0.39 is 11.6 Å². The normalized spacial score (nSPS) is 22.9. The first-order chi connectivity index (χ1) is 11.7. The fourth-order valence-corrected chi connectivity index (χ4v) is 4.23. The van der Waals surface area contributed by atoms with Gasteiger partial charge in [-0.3, -0.25) is 4.98 Å². The highest BCUT2D eigenvalue weighted by atomic mass is 19.1. The number of halogens is 2. The molecule has 1 aromatic heterocycles. The Balaban J connectivity index is 1.60. The summed E-state index contributed by atoms with van der Waals surface area (Å²) in [7, 11) is 0. The third kappa shape index (κ3) is 2.97. The summed E-state index contributed by atoms with van der Waals surface area (Å²) >= 11 is 0. The Labute approximate surface area is 141 Å². The molecule has 1 unspecified atom stereocenters. The van der Waals surface area contributed by atoms with Crippen LogP contribution in [0.3, 0.4) is 0 Å². The second-order valence-electron chi connectivity index (χ2n) is 6.93. The van der Waals surface area contributed by atoms with Crippen molar-refractivity contribution in [2.75, 3.05) is 31.1 Å². The number of anilines is 1. The number of rotatable bonds is 2. The molecule has 0 bridgehead atoms. The van der Waals surface area contributed by atoms with Crippen LogP contribution in [0.25, 0.3) is 10.9 Å². The molecule has 3 nitrogen and oxygen atoms in total. The smallest absolute Gasteiger partial charge is 0.152 e. The molecule has 5 heteroatoms. The quantitative estimate of drug-likeness (QED) is 0.830. The number of benzene rings is 1. The first-order valence-electron chi connectivity index (χ1n) is 8.95. The molecule has 0 radical (unpaired) electrons. The van der Waals surface area contributed by atoms with Gasteiger partial charge in [0, 0.05) is 42.5 Å². The van der Waals surface area contributed by atoms with Gasteiger partial charge in [0.05, 0.1) is 0 Å². The standard InChI is InChI=1S/C19H23F2N3/c20-14-12-16-18(5-7-22-19(16)17(21)13-14)24-10-3-4-15(6-11-24)23-8-1-2-9-23/h5,7,12-13,15H,1-4,6,8-11H2. The topological polar surface area (TPSA) is 19.4 Å². The average molecular weight is 331 g/mol. The monoisotopic (exact) mass is 331 g/mol. The van der Waals surface area contributed by atoms with E-state index in [1.165, 1.54) is 38.4 Å². The van der Waals surface area contributed by atoms with Crippen molar-refractivity contribution in [1.82, 2.24) is 9.88 Å².